The molecule has 0 aliphatic carbocycles. The second-order valence-corrected chi connectivity index (χ2v) is 7.68. The highest BCUT2D eigenvalue weighted by Gasteiger charge is 2.47. The number of pyridine rings is 1. The number of aromatic nitrogens is 3. The number of amides is 2. The van der Waals surface area contributed by atoms with E-state index in [1.807, 2.05) is 47.3 Å². The number of carbonyl (C=O) groups is 2. The first-order chi connectivity index (χ1) is 15.0. The molecule has 0 radical (unpaired) electrons. The summed E-state index contributed by atoms with van der Waals surface area (Å²) in [6, 6.07) is 11.7. The molecule has 3 unspecified atom stereocenters. The third-order valence-electron chi connectivity index (χ3n) is 5.70. The fourth-order valence-electron chi connectivity index (χ4n) is 4.32. The highest BCUT2D eigenvalue weighted by molar-refractivity contribution is 5.98. The monoisotopic (exact) mass is 417 g/mol. The van der Waals surface area contributed by atoms with Gasteiger partial charge in [-0.15, -0.1) is 0 Å². The summed E-state index contributed by atoms with van der Waals surface area (Å²) in [4.78, 5) is 29.2. The second kappa shape index (κ2) is 7.51. The molecule has 9 nitrogen and oxygen atoms in total. The molecule has 31 heavy (non-hydrogen) atoms. The Hall–Kier alpha value is -3.72. The smallest absolute Gasteiger partial charge is 0.264 e. The molecule has 0 bridgehead atoms. The lowest BCUT2D eigenvalue weighted by Crippen LogP contribution is -2.53. The van der Waals surface area contributed by atoms with Crippen LogP contribution in [0.2, 0.25) is 0 Å². The number of nitrogens with one attached hydrogen (secondary N) is 3. The zero-order valence-electron chi connectivity index (χ0n) is 17.2. The van der Waals surface area contributed by atoms with Crippen LogP contribution in [0, 0.1) is 0 Å². The molecule has 3 aromatic rings. The molecule has 2 amide bonds. The molecule has 3 N–H and O–H groups in total. The molecular weight excluding hydrogens is 394 g/mol. The van der Waals surface area contributed by atoms with Crippen LogP contribution < -0.4 is 16.1 Å². The van der Waals surface area contributed by atoms with Crippen molar-refractivity contribution < 1.29 is 9.59 Å². The van der Waals surface area contributed by atoms with Crippen molar-refractivity contribution in [3.63, 3.8) is 0 Å². The zero-order chi connectivity index (χ0) is 21.5. The van der Waals surface area contributed by atoms with Gasteiger partial charge in [-0.25, -0.2) is 10.4 Å². The van der Waals surface area contributed by atoms with Crippen molar-refractivity contribution in [2.45, 2.75) is 38.6 Å². The van der Waals surface area contributed by atoms with Crippen molar-refractivity contribution in [3.05, 3.63) is 66.1 Å². The van der Waals surface area contributed by atoms with Gasteiger partial charge in [-0.2, -0.15) is 5.10 Å². The minimum Gasteiger partial charge on any atom is -0.363 e. The van der Waals surface area contributed by atoms with Crippen molar-refractivity contribution in [2.24, 2.45) is 0 Å². The lowest BCUT2D eigenvalue weighted by atomic mass is 9.96. The normalized spacial score (nSPS) is 22.8. The first kappa shape index (κ1) is 19.3. The average molecular weight is 417 g/mol. The Morgan fingerprint density at radius 1 is 1.26 bits per heavy atom. The maximum Gasteiger partial charge on any atom is 0.264 e. The van der Waals surface area contributed by atoms with Gasteiger partial charge in [-0.3, -0.25) is 19.3 Å². The van der Waals surface area contributed by atoms with E-state index in [1.54, 1.807) is 12.3 Å². The van der Waals surface area contributed by atoms with Gasteiger partial charge in [0.25, 0.3) is 5.91 Å². The Labute approximate surface area is 179 Å². The Bertz CT molecular complexity index is 1190. The molecule has 0 saturated carbocycles. The Morgan fingerprint density at radius 3 is 2.87 bits per heavy atom. The largest absolute Gasteiger partial charge is 0.363 e. The molecule has 2 aliphatic heterocycles. The molecule has 9 heteroatoms. The van der Waals surface area contributed by atoms with E-state index in [4.69, 9.17) is 0 Å². The second-order valence-electron chi connectivity index (χ2n) is 7.68. The van der Waals surface area contributed by atoms with E-state index in [0.29, 0.717) is 0 Å². The van der Waals surface area contributed by atoms with Crippen LogP contribution >= 0.6 is 0 Å². The number of hydrogen-bond donors (Lipinski definition) is 3. The van der Waals surface area contributed by atoms with Gasteiger partial charge in [0, 0.05) is 36.8 Å². The average Bonchev–Trinajstić information content (AvgIpc) is 3.34. The summed E-state index contributed by atoms with van der Waals surface area (Å²) in [5, 5.41) is 13.3. The standard InChI is InChI=1S/C22H23N7O2/c1-3-28-18-8-7-14(10-15(18)12-24-28)17-11-19(31)29-22(26-17)20(16-6-4-5-9-23-16)21(27-29)25-13(2)30/h4-12,20-22,26-27H,3H2,1-2H3,(H,25,30). The topological polar surface area (TPSA) is 104 Å². The lowest BCUT2D eigenvalue weighted by Gasteiger charge is -2.32. The SMILES string of the molecule is CCn1ncc2cc(C3=CC(=O)N4NC(NC(C)=O)C(c5ccccn5)C4N3)ccc21. The van der Waals surface area contributed by atoms with Gasteiger partial charge in [0.2, 0.25) is 5.91 Å². The van der Waals surface area contributed by atoms with Crippen LogP contribution in [0.15, 0.2) is 54.9 Å². The minimum absolute atomic E-state index is 0.183. The number of fused-ring (bicyclic) bond motifs is 2. The van der Waals surface area contributed by atoms with Crippen molar-refractivity contribution in [1.82, 2.24) is 35.8 Å². The highest BCUT2D eigenvalue weighted by Crippen LogP contribution is 2.33. The molecule has 1 fully saturated rings. The van der Waals surface area contributed by atoms with Gasteiger partial charge in [-0.05, 0) is 36.8 Å². The van der Waals surface area contributed by atoms with Gasteiger partial charge in [0.05, 0.1) is 23.3 Å². The summed E-state index contributed by atoms with van der Waals surface area (Å²) in [6.07, 6.45) is 4.24. The first-order valence-corrected chi connectivity index (χ1v) is 10.3. The predicted octanol–water partition coefficient (Wildman–Crippen LogP) is 1.31. The third-order valence-corrected chi connectivity index (χ3v) is 5.70. The fourth-order valence-corrected chi connectivity index (χ4v) is 4.32. The van der Waals surface area contributed by atoms with E-state index in [9.17, 15) is 9.59 Å². The van der Waals surface area contributed by atoms with E-state index in [-0.39, 0.29) is 17.7 Å². The predicted molar refractivity (Wildman–Crippen MR) is 115 cm³/mol. The molecule has 2 aromatic heterocycles. The zero-order valence-corrected chi connectivity index (χ0v) is 17.2. The maximum atomic E-state index is 13.0. The number of benzene rings is 1. The van der Waals surface area contributed by atoms with E-state index >= 15 is 0 Å². The fraction of sp³-hybridized carbons (Fsp3) is 0.273. The summed E-state index contributed by atoms with van der Waals surface area (Å²) in [7, 11) is 0. The Morgan fingerprint density at radius 2 is 2.13 bits per heavy atom. The van der Waals surface area contributed by atoms with Crippen molar-refractivity contribution in [2.75, 3.05) is 0 Å². The minimum atomic E-state index is -0.466. The molecule has 3 atom stereocenters. The summed E-state index contributed by atoms with van der Waals surface area (Å²) < 4.78 is 1.94. The first-order valence-electron chi connectivity index (χ1n) is 10.3. The summed E-state index contributed by atoms with van der Waals surface area (Å²) in [6.45, 7) is 4.30. The van der Waals surface area contributed by atoms with Crippen LogP contribution in [0.1, 0.15) is 31.0 Å². The number of nitrogens with zero attached hydrogens (tertiary/aromatic N) is 4. The number of aryl methyl sites for hydroxylation is 1. The maximum absolute atomic E-state index is 13.0. The van der Waals surface area contributed by atoms with E-state index < -0.39 is 12.3 Å². The van der Waals surface area contributed by atoms with Crippen molar-refractivity contribution >= 4 is 28.4 Å². The molecule has 5 rings (SSSR count). The van der Waals surface area contributed by atoms with Gasteiger partial charge in [0.1, 0.15) is 12.3 Å². The summed E-state index contributed by atoms with van der Waals surface area (Å²) >= 11 is 0. The van der Waals surface area contributed by atoms with E-state index in [1.165, 1.54) is 11.9 Å². The van der Waals surface area contributed by atoms with Crippen LogP contribution in [0.4, 0.5) is 0 Å². The van der Waals surface area contributed by atoms with E-state index in [0.717, 1.165) is 34.4 Å². The van der Waals surface area contributed by atoms with Crippen LogP contribution in [0.25, 0.3) is 16.6 Å². The molecular formula is C22H23N7O2. The number of carbonyl (C=O) groups excluding carboxylic acids is 2. The Balaban J connectivity index is 1.51. The molecule has 2 aliphatic rings. The van der Waals surface area contributed by atoms with Crippen LogP contribution in [0.5, 0.6) is 0 Å². The summed E-state index contributed by atoms with van der Waals surface area (Å²) in [5.74, 6) is -0.640. The number of hydrazine groups is 1. The number of rotatable bonds is 4. The number of hydrogen-bond acceptors (Lipinski definition) is 6. The van der Waals surface area contributed by atoms with Crippen LogP contribution in [0.3, 0.4) is 0 Å². The molecule has 158 valence electrons. The third kappa shape index (κ3) is 3.32. The summed E-state index contributed by atoms with van der Waals surface area (Å²) in [5.41, 5.74) is 6.59. The molecule has 1 aromatic carbocycles. The van der Waals surface area contributed by atoms with Crippen LogP contribution in [-0.2, 0) is 16.1 Å². The van der Waals surface area contributed by atoms with E-state index in [2.05, 4.69) is 33.1 Å². The molecule has 1 saturated heterocycles. The van der Waals surface area contributed by atoms with Gasteiger partial charge >= 0.3 is 0 Å². The molecule has 4 heterocycles. The van der Waals surface area contributed by atoms with Gasteiger partial charge in [0.15, 0.2) is 0 Å². The highest BCUT2D eigenvalue weighted by atomic mass is 16.2. The van der Waals surface area contributed by atoms with Crippen molar-refractivity contribution in [1.29, 1.82) is 0 Å². The Kier molecular flexibility index (Phi) is 4.67. The van der Waals surface area contributed by atoms with Crippen LogP contribution in [-0.4, -0.2) is 43.9 Å². The van der Waals surface area contributed by atoms with Gasteiger partial charge in [-0.1, -0.05) is 12.1 Å². The lowest BCUT2D eigenvalue weighted by molar-refractivity contribution is -0.131. The quantitative estimate of drug-likeness (QED) is 0.591. The van der Waals surface area contributed by atoms with Gasteiger partial charge < -0.3 is 10.6 Å². The molecule has 0 spiro atoms. The van der Waals surface area contributed by atoms with Crippen molar-refractivity contribution in [3.8, 4) is 0 Å².